The van der Waals surface area contributed by atoms with Gasteiger partial charge in [0.15, 0.2) is 5.69 Å². The van der Waals surface area contributed by atoms with Crippen molar-refractivity contribution < 1.29 is 4.79 Å². The van der Waals surface area contributed by atoms with Crippen LogP contribution >= 0.6 is 0 Å². The van der Waals surface area contributed by atoms with Gasteiger partial charge in [0.1, 0.15) is 0 Å². The number of nitrogens with zero attached hydrogens (tertiary/aromatic N) is 3. The third-order valence-electron chi connectivity index (χ3n) is 4.65. The van der Waals surface area contributed by atoms with Crippen LogP contribution in [0.1, 0.15) is 23.0 Å². The zero-order valence-electron chi connectivity index (χ0n) is 16.9. The molecule has 1 N–H and O–H groups in total. The molecule has 6 nitrogen and oxygen atoms in total. The molecule has 0 aliphatic carbocycles. The van der Waals surface area contributed by atoms with Gasteiger partial charge >= 0.3 is 0 Å². The van der Waals surface area contributed by atoms with Crippen molar-refractivity contribution in [1.29, 1.82) is 0 Å². The SMILES string of the molecule is CC(/C=N\NC(=O)c1nn(-c2ccccc2)c(=O)c2ccccc12)=C\c1ccccc1. The van der Waals surface area contributed by atoms with Crippen LogP contribution in [0.25, 0.3) is 22.5 Å². The summed E-state index contributed by atoms with van der Waals surface area (Å²) in [5.41, 5.74) is 4.85. The topological polar surface area (TPSA) is 76.3 Å². The minimum absolute atomic E-state index is 0.126. The van der Waals surface area contributed by atoms with E-state index < -0.39 is 5.91 Å². The van der Waals surface area contributed by atoms with Gasteiger partial charge in [0.2, 0.25) is 0 Å². The second-order valence-corrected chi connectivity index (χ2v) is 6.94. The maximum Gasteiger partial charge on any atom is 0.292 e. The molecular weight excluding hydrogens is 388 g/mol. The fourth-order valence-corrected chi connectivity index (χ4v) is 3.20. The van der Waals surface area contributed by atoms with Gasteiger partial charge in [0.25, 0.3) is 11.5 Å². The molecule has 0 unspecified atom stereocenters. The van der Waals surface area contributed by atoms with E-state index in [-0.39, 0.29) is 11.3 Å². The van der Waals surface area contributed by atoms with Crippen LogP contribution in [0.2, 0.25) is 0 Å². The lowest BCUT2D eigenvalue weighted by Crippen LogP contribution is -2.28. The first-order valence-electron chi connectivity index (χ1n) is 9.78. The van der Waals surface area contributed by atoms with Gasteiger partial charge in [-0.3, -0.25) is 9.59 Å². The van der Waals surface area contributed by atoms with E-state index in [1.807, 2.05) is 61.5 Å². The number of hydrogen-bond acceptors (Lipinski definition) is 4. The van der Waals surface area contributed by atoms with E-state index >= 15 is 0 Å². The molecule has 0 atom stereocenters. The Morgan fingerprint density at radius 2 is 1.52 bits per heavy atom. The molecular formula is C25H20N4O2. The summed E-state index contributed by atoms with van der Waals surface area (Å²) in [5.74, 6) is -0.496. The van der Waals surface area contributed by atoms with Crippen LogP contribution in [-0.4, -0.2) is 21.9 Å². The van der Waals surface area contributed by atoms with Crippen LogP contribution < -0.4 is 11.0 Å². The highest BCUT2D eigenvalue weighted by atomic mass is 16.2. The predicted molar refractivity (Wildman–Crippen MR) is 123 cm³/mol. The molecule has 1 amide bonds. The van der Waals surface area contributed by atoms with Gasteiger partial charge in [0.05, 0.1) is 17.3 Å². The molecule has 0 bridgehead atoms. The molecule has 0 fully saturated rings. The highest BCUT2D eigenvalue weighted by Gasteiger charge is 2.17. The van der Waals surface area contributed by atoms with Crippen LogP contribution in [0, 0.1) is 0 Å². The first kappa shape index (κ1) is 20.0. The van der Waals surface area contributed by atoms with Crippen molar-refractivity contribution >= 4 is 29.0 Å². The molecule has 4 rings (SSSR count). The molecule has 4 aromatic rings. The van der Waals surface area contributed by atoms with Crippen molar-refractivity contribution in [3.05, 3.63) is 112 Å². The van der Waals surface area contributed by atoms with Crippen LogP contribution in [-0.2, 0) is 0 Å². The Morgan fingerprint density at radius 1 is 0.903 bits per heavy atom. The minimum atomic E-state index is -0.496. The number of aromatic nitrogens is 2. The van der Waals surface area contributed by atoms with Gasteiger partial charge in [-0.05, 0) is 36.3 Å². The standard InChI is InChI=1S/C25H20N4O2/c1-18(16-19-10-4-2-5-11-19)17-26-27-24(30)23-21-14-8-9-15-22(21)25(31)29(28-23)20-12-6-3-7-13-20/h2-17H,1H3,(H,27,30)/b18-16+,26-17-. The summed E-state index contributed by atoms with van der Waals surface area (Å²) in [6.07, 6.45) is 3.53. The number of amides is 1. The minimum Gasteiger partial charge on any atom is -0.267 e. The molecule has 3 aromatic carbocycles. The molecule has 0 saturated heterocycles. The summed E-state index contributed by atoms with van der Waals surface area (Å²) in [7, 11) is 0. The number of hydrogen-bond donors (Lipinski definition) is 1. The van der Waals surface area contributed by atoms with Gasteiger partial charge < -0.3 is 0 Å². The molecule has 31 heavy (non-hydrogen) atoms. The Bertz CT molecular complexity index is 1340. The summed E-state index contributed by atoms with van der Waals surface area (Å²) in [4.78, 5) is 25.8. The number of allylic oxidation sites excluding steroid dienone is 1. The second kappa shape index (κ2) is 9.00. The number of nitrogens with one attached hydrogen (secondary N) is 1. The molecule has 1 heterocycles. The van der Waals surface area contributed by atoms with Crippen LogP contribution in [0.5, 0.6) is 0 Å². The summed E-state index contributed by atoms with van der Waals surface area (Å²) >= 11 is 0. The lowest BCUT2D eigenvalue weighted by Gasteiger charge is -2.10. The van der Waals surface area contributed by atoms with Crippen molar-refractivity contribution in [2.45, 2.75) is 6.92 Å². The quantitative estimate of drug-likeness (QED) is 0.397. The van der Waals surface area contributed by atoms with E-state index in [4.69, 9.17) is 0 Å². The van der Waals surface area contributed by atoms with Crippen molar-refractivity contribution in [1.82, 2.24) is 15.2 Å². The van der Waals surface area contributed by atoms with E-state index in [1.165, 1.54) is 4.68 Å². The third-order valence-corrected chi connectivity index (χ3v) is 4.65. The van der Waals surface area contributed by atoms with Crippen molar-refractivity contribution in [3.63, 3.8) is 0 Å². The zero-order chi connectivity index (χ0) is 21.6. The molecule has 152 valence electrons. The third kappa shape index (κ3) is 4.48. The van der Waals surface area contributed by atoms with Gasteiger partial charge in [-0.25, -0.2) is 5.43 Å². The number of carbonyl (C=O) groups is 1. The van der Waals surface area contributed by atoms with E-state index in [0.29, 0.717) is 16.5 Å². The Morgan fingerprint density at radius 3 is 2.23 bits per heavy atom. The second-order valence-electron chi connectivity index (χ2n) is 6.94. The maximum atomic E-state index is 12.9. The highest BCUT2D eigenvalue weighted by molar-refractivity contribution is 6.05. The lowest BCUT2D eigenvalue weighted by molar-refractivity contribution is 0.0950. The average Bonchev–Trinajstić information content (AvgIpc) is 2.80. The monoisotopic (exact) mass is 408 g/mol. The molecule has 0 spiro atoms. The summed E-state index contributed by atoms with van der Waals surface area (Å²) < 4.78 is 1.24. The Kier molecular flexibility index (Phi) is 5.80. The fraction of sp³-hybridized carbons (Fsp3) is 0.0400. The van der Waals surface area contributed by atoms with Crippen LogP contribution in [0.15, 0.2) is 100 Å². The predicted octanol–water partition coefficient (Wildman–Crippen LogP) is 4.20. The van der Waals surface area contributed by atoms with Crippen molar-refractivity contribution in [3.8, 4) is 5.69 Å². The Labute approximate surface area is 179 Å². The van der Waals surface area contributed by atoms with Crippen molar-refractivity contribution in [2.24, 2.45) is 5.10 Å². The number of para-hydroxylation sites is 1. The number of hydrazone groups is 1. The number of fused-ring (bicyclic) bond motifs is 1. The molecule has 0 saturated carbocycles. The average molecular weight is 408 g/mol. The summed E-state index contributed by atoms with van der Waals surface area (Å²) in [6.45, 7) is 1.89. The molecule has 0 aliphatic rings. The van der Waals surface area contributed by atoms with Gasteiger partial charge in [-0.1, -0.05) is 72.8 Å². The summed E-state index contributed by atoms with van der Waals surface area (Å²) in [6, 6.07) is 25.8. The number of rotatable bonds is 5. The normalized spacial score (nSPS) is 11.7. The van der Waals surface area contributed by atoms with Gasteiger partial charge in [0, 0.05) is 5.39 Å². The smallest absolute Gasteiger partial charge is 0.267 e. The lowest BCUT2D eigenvalue weighted by atomic mass is 10.1. The maximum absolute atomic E-state index is 12.9. The Balaban J connectivity index is 1.66. The van der Waals surface area contributed by atoms with E-state index in [0.717, 1.165) is 11.1 Å². The van der Waals surface area contributed by atoms with Crippen LogP contribution in [0.3, 0.4) is 0 Å². The number of benzene rings is 3. The van der Waals surface area contributed by atoms with E-state index in [2.05, 4.69) is 15.6 Å². The molecule has 0 aliphatic heterocycles. The van der Waals surface area contributed by atoms with E-state index in [1.54, 1.807) is 42.6 Å². The molecule has 6 heteroatoms. The molecule has 1 aromatic heterocycles. The zero-order valence-corrected chi connectivity index (χ0v) is 16.9. The summed E-state index contributed by atoms with van der Waals surface area (Å²) in [5, 5.41) is 9.28. The van der Waals surface area contributed by atoms with Crippen LogP contribution in [0.4, 0.5) is 0 Å². The first-order valence-corrected chi connectivity index (χ1v) is 9.78. The van der Waals surface area contributed by atoms with Crippen molar-refractivity contribution in [2.75, 3.05) is 0 Å². The largest absolute Gasteiger partial charge is 0.292 e. The number of carbonyl (C=O) groups excluding carboxylic acids is 1. The first-order chi connectivity index (χ1) is 15.1. The van der Waals surface area contributed by atoms with Gasteiger partial charge in [-0.2, -0.15) is 14.9 Å². The molecule has 0 radical (unpaired) electrons. The Hall–Kier alpha value is -4.32. The fourth-order valence-electron chi connectivity index (χ4n) is 3.20. The van der Waals surface area contributed by atoms with E-state index in [9.17, 15) is 9.59 Å². The van der Waals surface area contributed by atoms with Gasteiger partial charge in [-0.15, -0.1) is 0 Å². The highest BCUT2D eigenvalue weighted by Crippen LogP contribution is 2.15.